The zero-order valence-corrected chi connectivity index (χ0v) is 18.4. The van der Waals surface area contributed by atoms with Crippen LogP contribution in [0.2, 0.25) is 10.0 Å². The number of anilines is 1. The smallest absolute Gasteiger partial charge is 0.238 e. The molecule has 0 fully saturated rings. The average molecular weight is 467 g/mol. The maximum atomic E-state index is 11.3. The minimum Gasteiger partial charge on any atom is -0.493 e. The molecule has 0 atom stereocenters. The van der Waals surface area contributed by atoms with E-state index in [2.05, 4.69) is 5.32 Å². The summed E-state index contributed by atoms with van der Waals surface area (Å²) in [6.07, 6.45) is 0. The Morgan fingerprint density at radius 2 is 1.73 bits per heavy atom. The molecule has 3 rings (SSSR count). The third kappa shape index (κ3) is 5.79. The molecule has 0 saturated heterocycles. The molecule has 0 saturated carbocycles. The van der Waals surface area contributed by atoms with E-state index in [1.807, 2.05) is 18.2 Å². The molecular formula is C21H20Cl2N2O4S. The first-order valence-corrected chi connectivity index (χ1v) is 11.2. The first kappa shape index (κ1) is 22.2. The second-order valence-electron chi connectivity index (χ2n) is 6.44. The highest BCUT2D eigenvalue weighted by molar-refractivity contribution is 7.89. The molecule has 6 nitrogen and oxygen atoms in total. The van der Waals surface area contributed by atoms with Crippen molar-refractivity contribution in [1.29, 1.82) is 0 Å². The van der Waals surface area contributed by atoms with Gasteiger partial charge in [-0.1, -0.05) is 35.3 Å². The van der Waals surface area contributed by atoms with Crippen LogP contribution in [-0.2, 0) is 23.2 Å². The van der Waals surface area contributed by atoms with Crippen molar-refractivity contribution in [2.75, 3.05) is 12.4 Å². The van der Waals surface area contributed by atoms with Crippen molar-refractivity contribution in [3.63, 3.8) is 0 Å². The molecule has 3 aromatic carbocycles. The highest BCUT2D eigenvalue weighted by Crippen LogP contribution is 2.34. The fourth-order valence-corrected chi connectivity index (χ4v) is 3.68. The normalized spacial score (nSPS) is 11.2. The van der Waals surface area contributed by atoms with Crippen LogP contribution in [0, 0.1) is 0 Å². The molecule has 0 aromatic heterocycles. The van der Waals surface area contributed by atoms with Gasteiger partial charge in [-0.2, -0.15) is 0 Å². The van der Waals surface area contributed by atoms with Crippen molar-refractivity contribution in [3.8, 4) is 11.5 Å². The first-order chi connectivity index (χ1) is 14.3. The van der Waals surface area contributed by atoms with Crippen molar-refractivity contribution >= 4 is 38.9 Å². The molecule has 0 heterocycles. The van der Waals surface area contributed by atoms with Crippen molar-refractivity contribution in [2.45, 2.75) is 18.0 Å². The van der Waals surface area contributed by atoms with Crippen LogP contribution >= 0.6 is 23.2 Å². The van der Waals surface area contributed by atoms with Gasteiger partial charge < -0.3 is 14.8 Å². The predicted octanol–water partition coefficient (Wildman–Crippen LogP) is 4.84. The number of sulfonamides is 1. The van der Waals surface area contributed by atoms with E-state index in [0.29, 0.717) is 34.7 Å². The van der Waals surface area contributed by atoms with E-state index in [4.69, 9.17) is 37.8 Å². The van der Waals surface area contributed by atoms with Crippen molar-refractivity contribution in [2.24, 2.45) is 5.14 Å². The van der Waals surface area contributed by atoms with Crippen molar-refractivity contribution < 1.29 is 17.9 Å². The third-order valence-corrected chi connectivity index (χ3v) is 5.80. The van der Waals surface area contributed by atoms with Crippen LogP contribution in [0.1, 0.15) is 11.1 Å². The summed E-state index contributed by atoms with van der Waals surface area (Å²) in [6.45, 7) is 0.722. The number of nitrogens with two attached hydrogens (primary N) is 1. The van der Waals surface area contributed by atoms with Crippen LogP contribution in [0.5, 0.6) is 11.5 Å². The third-order valence-electron chi connectivity index (χ3n) is 4.28. The van der Waals surface area contributed by atoms with Crippen LogP contribution in [0.15, 0.2) is 65.6 Å². The lowest BCUT2D eigenvalue weighted by Crippen LogP contribution is -2.12. The Morgan fingerprint density at radius 3 is 2.37 bits per heavy atom. The van der Waals surface area contributed by atoms with Gasteiger partial charge in [-0.05, 0) is 53.6 Å². The fraction of sp³-hybridized carbons (Fsp3) is 0.143. The maximum absolute atomic E-state index is 11.3. The van der Waals surface area contributed by atoms with Gasteiger partial charge in [0.1, 0.15) is 6.61 Å². The second kappa shape index (κ2) is 9.57. The summed E-state index contributed by atoms with van der Waals surface area (Å²) < 4.78 is 34.0. The Balaban J connectivity index is 1.70. The second-order valence-corrected chi connectivity index (χ2v) is 8.84. The molecule has 3 N–H and O–H groups in total. The molecule has 0 amide bonds. The Morgan fingerprint density at radius 1 is 1.00 bits per heavy atom. The summed E-state index contributed by atoms with van der Waals surface area (Å²) in [5, 5.41) is 9.44. The highest BCUT2D eigenvalue weighted by Gasteiger charge is 2.12. The largest absolute Gasteiger partial charge is 0.493 e. The zero-order valence-electron chi connectivity index (χ0n) is 16.1. The van der Waals surface area contributed by atoms with Gasteiger partial charge in [0, 0.05) is 28.3 Å². The Bertz CT molecular complexity index is 1140. The fourth-order valence-electron chi connectivity index (χ4n) is 2.73. The number of halogens is 2. The summed E-state index contributed by atoms with van der Waals surface area (Å²) in [5.74, 6) is 1.06. The van der Waals surface area contributed by atoms with Gasteiger partial charge in [0.2, 0.25) is 10.0 Å². The topological polar surface area (TPSA) is 90.6 Å². The lowest BCUT2D eigenvalue weighted by Gasteiger charge is -2.15. The molecule has 3 aromatic rings. The van der Waals surface area contributed by atoms with E-state index in [0.717, 1.165) is 16.8 Å². The molecule has 0 aliphatic carbocycles. The molecule has 0 aliphatic heterocycles. The summed E-state index contributed by atoms with van der Waals surface area (Å²) >= 11 is 12.4. The lowest BCUT2D eigenvalue weighted by molar-refractivity contribution is 0.284. The number of hydrogen-bond donors (Lipinski definition) is 2. The van der Waals surface area contributed by atoms with Gasteiger partial charge in [0.25, 0.3) is 0 Å². The van der Waals surface area contributed by atoms with E-state index < -0.39 is 10.0 Å². The monoisotopic (exact) mass is 466 g/mol. The van der Waals surface area contributed by atoms with E-state index in [1.54, 1.807) is 37.4 Å². The van der Waals surface area contributed by atoms with Crippen LogP contribution in [-0.4, -0.2) is 15.5 Å². The molecule has 9 heteroatoms. The van der Waals surface area contributed by atoms with Crippen LogP contribution in [0.25, 0.3) is 0 Å². The number of benzene rings is 3. The molecule has 0 spiro atoms. The van der Waals surface area contributed by atoms with Gasteiger partial charge in [0.05, 0.1) is 12.0 Å². The summed E-state index contributed by atoms with van der Waals surface area (Å²) in [4.78, 5) is 0.0500. The van der Waals surface area contributed by atoms with Crippen LogP contribution < -0.4 is 19.9 Å². The van der Waals surface area contributed by atoms with Crippen molar-refractivity contribution in [3.05, 3.63) is 81.8 Å². The molecule has 158 valence electrons. The Kier molecular flexibility index (Phi) is 7.10. The first-order valence-electron chi connectivity index (χ1n) is 8.86. The van der Waals surface area contributed by atoms with Crippen molar-refractivity contribution in [1.82, 2.24) is 0 Å². The SMILES string of the molecule is COc1cc(CNc2ccc(S(N)(=O)=O)cc2)c(Cl)cc1OCc1cccc(Cl)c1. The minimum atomic E-state index is -3.72. The lowest BCUT2D eigenvalue weighted by atomic mass is 10.2. The van der Waals surface area contributed by atoms with E-state index >= 15 is 0 Å². The molecule has 0 bridgehead atoms. The van der Waals surface area contributed by atoms with Gasteiger partial charge in [-0.3, -0.25) is 0 Å². The minimum absolute atomic E-state index is 0.0500. The van der Waals surface area contributed by atoms with Gasteiger partial charge in [-0.25, -0.2) is 13.6 Å². The number of nitrogens with one attached hydrogen (secondary N) is 1. The zero-order chi connectivity index (χ0) is 21.7. The Hall–Kier alpha value is -2.45. The molecule has 0 unspecified atom stereocenters. The van der Waals surface area contributed by atoms with Gasteiger partial charge in [0.15, 0.2) is 11.5 Å². The molecule has 0 aliphatic rings. The van der Waals surface area contributed by atoms with E-state index in [1.165, 1.54) is 12.1 Å². The molecule has 30 heavy (non-hydrogen) atoms. The van der Waals surface area contributed by atoms with Crippen LogP contribution in [0.4, 0.5) is 5.69 Å². The highest BCUT2D eigenvalue weighted by atomic mass is 35.5. The standard InChI is InChI=1S/C21H20Cl2N2O4S/c1-28-20-10-15(12-25-17-5-7-18(8-6-17)30(24,26)27)19(23)11-21(20)29-13-14-3-2-4-16(22)9-14/h2-11,25H,12-13H2,1H3,(H2,24,26,27). The van der Waals surface area contributed by atoms with Crippen LogP contribution in [0.3, 0.4) is 0 Å². The van der Waals surface area contributed by atoms with E-state index in [9.17, 15) is 8.42 Å². The maximum Gasteiger partial charge on any atom is 0.238 e. The number of primary sulfonamides is 1. The number of ether oxygens (including phenoxy) is 2. The number of rotatable bonds is 8. The number of hydrogen-bond acceptors (Lipinski definition) is 5. The van der Waals surface area contributed by atoms with Gasteiger partial charge >= 0.3 is 0 Å². The quantitative estimate of drug-likeness (QED) is 0.495. The Labute approximate surface area is 185 Å². The summed E-state index contributed by atoms with van der Waals surface area (Å²) in [7, 11) is -2.17. The summed E-state index contributed by atoms with van der Waals surface area (Å²) in [6, 6.07) is 17.0. The molecule has 0 radical (unpaired) electrons. The van der Waals surface area contributed by atoms with E-state index in [-0.39, 0.29) is 4.90 Å². The predicted molar refractivity (Wildman–Crippen MR) is 119 cm³/mol. The number of methoxy groups -OCH3 is 1. The molecular weight excluding hydrogens is 447 g/mol. The summed E-state index contributed by atoms with van der Waals surface area (Å²) in [5.41, 5.74) is 2.44. The average Bonchev–Trinajstić information content (AvgIpc) is 2.71. The van der Waals surface area contributed by atoms with Gasteiger partial charge in [-0.15, -0.1) is 0 Å².